The first-order valence-corrected chi connectivity index (χ1v) is 9.96. The van der Waals surface area contributed by atoms with Gasteiger partial charge in [0.05, 0.1) is 12.3 Å². The number of pyridine rings is 1. The second kappa shape index (κ2) is 10.5. The fourth-order valence-electron chi connectivity index (χ4n) is 3.26. The van der Waals surface area contributed by atoms with Crippen LogP contribution in [0.4, 0.5) is 4.79 Å². The molecular formula is C22H27N3O4. The SMILES string of the molecule is CCOC(=O)N1CCC(C(=O)NCc2cccc(OCc3ccccn3)c2)CC1. The Labute approximate surface area is 171 Å². The van der Waals surface area contributed by atoms with Gasteiger partial charge in [0.1, 0.15) is 12.4 Å². The van der Waals surface area contributed by atoms with Gasteiger partial charge < -0.3 is 19.7 Å². The Kier molecular flexibility index (Phi) is 7.44. The summed E-state index contributed by atoms with van der Waals surface area (Å²) in [6, 6.07) is 13.4. The van der Waals surface area contributed by atoms with Gasteiger partial charge in [-0.15, -0.1) is 0 Å². The standard InChI is InChI=1S/C22H27N3O4/c1-2-28-22(27)25-12-9-18(10-13-25)21(26)24-15-17-6-5-8-20(14-17)29-16-19-7-3-4-11-23-19/h3-8,11,14,18H,2,9-10,12-13,15-16H2,1H3,(H,24,26). The van der Waals surface area contributed by atoms with E-state index in [0.29, 0.717) is 45.7 Å². The van der Waals surface area contributed by atoms with Crippen LogP contribution in [0.2, 0.25) is 0 Å². The largest absolute Gasteiger partial charge is 0.487 e. The first kappa shape index (κ1) is 20.6. The monoisotopic (exact) mass is 397 g/mol. The van der Waals surface area contributed by atoms with Crippen molar-refractivity contribution in [1.82, 2.24) is 15.2 Å². The maximum absolute atomic E-state index is 12.5. The van der Waals surface area contributed by atoms with Crippen LogP contribution >= 0.6 is 0 Å². The number of aromatic nitrogens is 1. The Morgan fingerprint density at radius 2 is 2.00 bits per heavy atom. The highest BCUT2D eigenvalue weighted by Crippen LogP contribution is 2.19. The minimum absolute atomic E-state index is 0.0216. The number of hydrogen-bond donors (Lipinski definition) is 1. The molecule has 2 amide bonds. The minimum Gasteiger partial charge on any atom is -0.487 e. The zero-order valence-electron chi connectivity index (χ0n) is 16.7. The molecule has 1 aliphatic rings. The Hall–Kier alpha value is -3.09. The number of nitrogens with one attached hydrogen (secondary N) is 1. The van der Waals surface area contributed by atoms with Crippen LogP contribution < -0.4 is 10.1 Å². The van der Waals surface area contributed by atoms with Crippen LogP contribution in [0, 0.1) is 5.92 Å². The van der Waals surface area contributed by atoms with Crippen LogP contribution in [0.3, 0.4) is 0 Å². The predicted molar refractivity (Wildman–Crippen MR) is 108 cm³/mol. The Morgan fingerprint density at radius 1 is 1.17 bits per heavy atom. The van der Waals surface area contributed by atoms with Gasteiger partial charge in [-0.25, -0.2) is 4.79 Å². The van der Waals surface area contributed by atoms with Crippen LogP contribution in [0.5, 0.6) is 5.75 Å². The van der Waals surface area contributed by atoms with Crippen molar-refractivity contribution in [3.8, 4) is 5.75 Å². The van der Waals surface area contributed by atoms with E-state index in [1.165, 1.54) is 0 Å². The summed E-state index contributed by atoms with van der Waals surface area (Å²) in [5, 5.41) is 3.00. The number of benzene rings is 1. The summed E-state index contributed by atoms with van der Waals surface area (Å²) >= 11 is 0. The van der Waals surface area contributed by atoms with Gasteiger partial charge in [-0.1, -0.05) is 18.2 Å². The molecule has 7 nitrogen and oxygen atoms in total. The Balaban J connectivity index is 1.44. The minimum atomic E-state index is -0.297. The van der Waals surface area contributed by atoms with Crippen molar-refractivity contribution in [1.29, 1.82) is 0 Å². The number of amides is 2. The van der Waals surface area contributed by atoms with E-state index in [1.54, 1.807) is 18.0 Å². The van der Waals surface area contributed by atoms with Crippen molar-refractivity contribution in [2.24, 2.45) is 5.92 Å². The average molecular weight is 397 g/mol. The topological polar surface area (TPSA) is 80.8 Å². The average Bonchev–Trinajstić information content (AvgIpc) is 2.77. The summed E-state index contributed by atoms with van der Waals surface area (Å²) in [5.41, 5.74) is 1.83. The zero-order valence-corrected chi connectivity index (χ0v) is 16.7. The Bertz CT molecular complexity index is 805. The number of nitrogens with zero attached hydrogens (tertiary/aromatic N) is 2. The first-order valence-electron chi connectivity index (χ1n) is 9.96. The van der Waals surface area contributed by atoms with Crippen molar-refractivity contribution in [3.63, 3.8) is 0 Å². The van der Waals surface area contributed by atoms with Gasteiger partial charge >= 0.3 is 6.09 Å². The van der Waals surface area contributed by atoms with E-state index in [0.717, 1.165) is 17.0 Å². The molecular weight excluding hydrogens is 370 g/mol. The van der Waals surface area contributed by atoms with E-state index < -0.39 is 0 Å². The van der Waals surface area contributed by atoms with Crippen LogP contribution in [0.25, 0.3) is 0 Å². The number of carbonyl (C=O) groups is 2. The summed E-state index contributed by atoms with van der Waals surface area (Å²) in [6.45, 7) is 4.09. The second-order valence-corrected chi connectivity index (χ2v) is 6.94. The third kappa shape index (κ3) is 6.20. The highest BCUT2D eigenvalue weighted by atomic mass is 16.6. The summed E-state index contributed by atoms with van der Waals surface area (Å²) in [4.78, 5) is 30.1. The smallest absolute Gasteiger partial charge is 0.409 e. The molecule has 3 rings (SSSR count). The van der Waals surface area contributed by atoms with Gasteiger partial charge in [-0.3, -0.25) is 9.78 Å². The molecule has 0 saturated carbocycles. The van der Waals surface area contributed by atoms with E-state index in [9.17, 15) is 9.59 Å². The van der Waals surface area contributed by atoms with Gasteiger partial charge in [0, 0.05) is 31.7 Å². The van der Waals surface area contributed by atoms with Crippen molar-refractivity contribution >= 4 is 12.0 Å². The third-order valence-electron chi connectivity index (χ3n) is 4.87. The normalized spacial score (nSPS) is 14.3. The van der Waals surface area contributed by atoms with Crippen molar-refractivity contribution < 1.29 is 19.1 Å². The number of likely N-dealkylation sites (tertiary alicyclic amines) is 1. The highest BCUT2D eigenvalue weighted by molar-refractivity contribution is 5.79. The zero-order chi connectivity index (χ0) is 20.5. The number of ether oxygens (including phenoxy) is 2. The number of rotatable bonds is 7. The lowest BCUT2D eigenvalue weighted by Crippen LogP contribution is -2.43. The molecule has 2 aromatic rings. The van der Waals surface area contributed by atoms with Crippen LogP contribution in [-0.4, -0.2) is 41.6 Å². The van der Waals surface area contributed by atoms with Gasteiger partial charge in [-0.05, 0) is 49.6 Å². The molecule has 0 unspecified atom stereocenters. The lowest BCUT2D eigenvalue weighted by molar-refractivity contribution is -0.126. The van der Waals surface area contributed by atoms with E-state index in [-0.39, 0.29) is 17.9 Å². The van der Waals surface area contributed by atoms with E-state index in [2.05, 4.69) is 10.3 Å². The molecule has 2 heterocycles. The van der Waals surface area contributed by atoms with Crippen LogP contribution in [-0.2, 0) is 22.7 Å². The number of hydrogen-bond acceptors (Lipinski definition) is 5. The molecule has 0 atom stereocenters. The molecule has 7 heteroatoms. The van der Waals surface area contributed by atoms with Gasteiger partial charge in [0.2, 0.25) is 5.91 Å². The molecule has 0 radical (unpaired) electrons. The maximum Gasteiger partial charge on any atom is 0.409 e. The second-order valence-electron chi connectivity index (χ2n) is 6.94. The van der Waals surface area contributed by atoms with Crippen LogP contribution in [0.1, 0.15) is 31.0 Å². The molecule has 154 valence electrons. The van der Waals surface area contributed by atoms with Crippen molar-refractivity contribution in [3.05, 3.63) is 59.9 Å². The molecule has 1 aromatic heterocycles. The molecule has 0 bridgehead atoms. The molecule has 1 aromatic carbocycles. The predicted octanol–water partition coefficient (Wildman–Crippen LogP) is 3.15. The van der Waals surface area contributed by atoms with Crippen LogP contribution in [0.15, 0.2) is 48.7 Å². The number of carbonyl (C=O) groups excluding carboxylic acids is 2. The van der Waals surface area contributed by atoms with Crippen molar-refractivity contribution in [2.75, 3.05) is 19.7 Å². The fourth-order valence-corrected chi connectivity index (χ4v) is 3.26. The maximum atomic E-state index is 12.5. The van der Waals surface area contributed by atoms with Gasteiger partial charge in [0.15, 0.2) is 0 Å². The molecule has 0 aliphatic carbocycles. The van der Waals surface area contributed by atoms with E-state index in [1.807, 2.05) is 42.5 Å². The van der Waals surface area contributed by atoms with Crippen molar-refractivity contribution in [2.45, 2.75) is 32.9 Å². The quantitative estimate of drug-likeness (QED) is 0.776. The van der Waals surface area contributed by atoms with Gasteiger partial charge in [0.25, 0.3) is 0 Å². The molecule has 1 aliphatic heterocycles. The summed E-state index contributed by atoms with van der Waals surface area (Å²) < 4.78 is 10.8. The van der Waals surface area contributed by atoms with E-state index in [4.69, 9.17) is 9.47 Å². The Morgan fingerprint density at radius 3 is 2.72 bits per heavy atom. The van der Waals surface area contributed by atoms with E-state index >= 15 is 0 Å². The number of piperidine rings is 1. The summed E-state index contributed by atoms with van der Waals surface area (Å²) in [6.07, 6.45) is 2.74. The first-order chi connectivity index (χ1) is 14.2. The van der Waals surface area contributed by atoms with Gasteiger partial charge in [-0.2, -0.15) is 0 Å². The fraction of sp³-hybridized carbons (Fsp3) is 0.409. The molecule has 1 fully saturated rings. The highest BCUT2D eigenvalue weighted by Gasteiger charge is 2.27. The molecule has 0 spiro atoms. The molecule has 29 heavy (non-hydrogen) atoms. The third-order valence-corrected chi connectivity index (χ3v) is 4.87. The lowest BCUT2D eigenvalue weighted by atomic mass is 9.96. The summed E-state index contributed by atoms with van der Waals surface area (Å²) in [7, 11) is 0. The molecule has 1 saturated heterocycles. The summed E-state index contributed by atoms with van der Waals surface area (Å²) in [5.74, 6) is 0.683. The molecule has 1 N–H and O–H groups in total. The lowest BCUT2D eigenvalue weighted by Gasteiger charge is -2.30.